The fourth-order valence-electron chi connectivity index (χ4n) is 4.42. The van der Waals surface area contributed by atoms with E-state index in [4.69, 9.17) is 5.11 Å². The van der Waals surface area contributed by atoms with E-state index in [9.17, 15) is 4.79 Å². The summed E-state index contributed by atoms with van der Waals surface area (Å²) in [5.74, 6) is -0.247. The molecular weight excluding hydrogens is 328 g/mol. The van der Waals surface area contributed by atoms with Gasteiger partial charge < -0.3 is 10.0 Å². The lowest BCUT2D eigenvalue weighted by atomic mass is 10.0. The van der Waals surface area contributed by atoms with Gasteiger partial charge in [-0.15, -0.1) is 10.2 Å². The molecule has 26 heavy (non-hydrogen) atoms. The number of fused-ring (bicyclic) bond motifs is 1. The van der Waals surface area contributed by atoms with Crippen LogP contribution in [0.3, 0.4) is 0 Å². The number of carboxylic acids is 1. The van der Waals surface area contributed by atoms with Crippen molar-refractivity contribution in [3.05, 3.63) is 53.2 Å². The number of hydrogen-bond donors (Lipinski definition) is 1. The molecule has 0 radical (unpaired) electrons. The van der Waals surface area contributed by atoms with Gasteiger partial charge in [0.1, 0.15) is 0 Å². The fraction of sp³-hybridized carbons (Fsp3) is 0.450. The minimum absolute atomic E-state index is 0.00582. The monoisotopic (exact) mass is 352 g/mol. The van der Waals surface area contributed by atoms with Crippen LogP contribution in [0, 0.1) is 0 Å². The van der Waals surface area contributed by atoms with Crippen molar-refractivity contribution < 1.29 is 9.90 Å². The van der Waals surface area contributed by atoms with E-state index in [1.165, 1.54) is 11.1 Å². The molecule has 6 nitrogen and oxygen atoms in total. The Kier molecular flexibility index (Phi) is 4.59. The number of benzene rings is 1. The first-order valence-electron chi connectivity index (χ1n) is 9.32. The van der Waals surface area contributed by atoms with Crippen LogP contribution in [0.5, 0.6) is 0 Å². The van der Waals surface area contributed by atoms with Gasteiger partial charge >= 0.3 is 5.97 Å². The SMILES string of the molecule is CCc1ccccc1CN1CC[C@H]2[C@@H]1CCN2c1ccc(C(=O)O)nn1. The van der Waals surface area contributed by atoms with E-state index in [1.807, 2.05) is 0 Å². The van der Waals surface area contributed by atoms with E-state index in [0.29, 0.717) is 12.1 Å². The molecular formula is C20H24N4O2. The number of aromatic carboxylic acids is 1. The lowest BCUT2D eigenvalue weighted by Gasteiger charge is -2.26. The Hall–Kier alpha value is -2.47. The molecule has 2 saturated heterocycles. The Morgan fingerprint density at radius 1 is 1.08 bits per heavy atom. The summed E-state index contributed by atoms with van der Waals surface area (Å²) >= 11 is 0. The molecule has 2 aromatic rings. The van der Waals surface area contributed by atoms with Gasteiger partial charge in [-0.1, -0.05) is 31.2 Å². The maximum Gasteiger partial charge on any atom is 0.356 e. The maximum absolute atomic E-state index is 11.0. The highest BCUT2D eigenvalue weighted by Crippen LogP contribution is 2.35. The van der Waals surface area contributed by atoms with Crippen LogP contribution in [0.15, 0.2) is 36.4 Å². The molecule has 2 aliphatic rings. The first-order chi connectivity index (χ1) is 12.7. The first kappa shape index (κ1) is 17.0. The summed E-state index contributed by atoms with van der Waals surface area (Å²) in [6.45, 7) is 5.25. The smallest absolute Gasteiger partial charge is 0.356 e. The van der Waals surface area contributed by atoms with Crippen LogP contribution < -0.4 is 4.90 Å². The van der Waals surface area contributed by atoms with Gasteiger partial charge in [-0.2, -0.15) is 0 Å². The predicted octanol–water partition coefficient (Wildman–Crippen LogP) is 2.59. The molecule has 136 valence electrons. The van der Waals surface area contributed by atoms with Crippen molar-refractivity contribution in [1.82, 2.24) is 15.1 Å². The van der Waals surface area contributed by atoms with Gasteiger partial charge in [-0.3, -0.25) is 4.90 Å². The lowest BCUT2D eigenvalue weighted by Crippen LogP contribution is -2.36. The van der Waals surface area contributed by atoms with Gasteiger partial charge in [0.15, 0.2) is 11.5 Å². The Balaban J connectivity index is 1.48. The minimum Gasteiger partial charge on any atom is -0.476 e. The minimum atomic E-state index is -1.04. The van der Waals surface area contributed by atoms with Crippen molar-refractivity contribution in [1.29, 1.82) is 0 Å². The van der Waals surface area contributed by atoms with E-state index in [0.717, 1.165) is 44.7 Å². The third-order valence-electron chi connectivity index (χ3n) is 5.73. The van der Waals surface area contributed by atoms with Crippen molar-refractivity contribution in [2.45, 2.75) is 44.8 Å². The molecule has 2 aliphatic heterocycles. The van der Waals surface area contributed by atoms with E-state index >= 15 is 0 Å². The summed E-state index contributed by atoms with van der Waals surface area (Å²) in [5, 5.41) is 17.0. The number of likely N-dealkylation sites (tertiary alicyclic amines) is 1. The topological polar surface area (TPSA) is 69.6 Å². The molecule has 2 fully saturated rings. The number of nitrogens with zero attached hydrogens (tertiary/aromatic N) is 4. The van der Waals surface area contributed by atoms with Gasteiger partial charge in [0.25, 0.3) is 0 Å². The maximum atomic E-state index is 11.0. The number of carboxylic acid groups (broad SMARTS) is 1. The second kappa shape index (κ2) is 7.03. The highest BCUT2D eigenvalue weighted by atomic mass is 16.4. The highest BCUT2D eigenvalue weighted by molar-refractivity contribution is 5.85. The van der Waals surface area contributed by atoms with Crippen LogP contribution in [0.2, 0.25) is 0 Å². The molecule has 1 N–H and O–H groups in total. The molecule has 0 unspecified atom stereocenters. The molecule has 0 amide bonds. The largest absolute Gasteiger partial charge is 0.476 e. The van der Waals surface area contributed by atoms with Crippen LogP contribution in [0.25, 0.3) is 0 Å². The number of rotatable bonds is 5. The molecule has 0 spiro atoms. The van der Waals surface area contributed by atoms with Gasteiger partial charge in [-0.05, 0) is 42.5 Å². The number of hydrogen-bond acceptors (Lipinski definition) is 5. The van der Waals surface area contributed by atoms with E-state index in [-0.39, 0.29) is 5.69 Å². The zero-order valence-corrected chi connectivity index (χ0v) is 15.0. The van der Waals surface area contributed by atoms with Crippen LogP contribution in [-0.2, 0) is 13.0 Å². The van der Waals surface area contributed by atoms with Gasteiger partial charge in [-0.25, -0.2) is 4.79 Å². The number of carbonyl (C=O) groups is 1. The van der Waals surface area contributed by atoms with Gasteiger partial charge in [0.2, 0.25) is 0 Å². The molecule has 0 aliphatic carbocycles. The summed E-state index contributed by atoms with van der Waals surface area (Å²) in [6, 6.07) is 13.0. The zero-order valence-electron chi connectivity index (χ0n) is 15.0. The van der Waals surface area contributed by atoms with Crippen molar-refractivity contribution in [2.75, 3.05) is 18.0 Å². The molecule has 0 saturated carbocycles. The van der Waals surface area contributed by atoms with Gasteiger partial charge in [0.05, 0.1) is 0 Å². The normalized spacial score (nSPS) is 22.6. The fourth-order valence-corrected chi connectivity index (χ4v) is 4.42. The predicted molar refractivity (Wildman–Crippen MR) is 99.4 cm³/mol. The van der Waals surface area contributed by atoms with Crippen LogP contribution in [0.4, 0.5) is 5.82 Å². The summed E-state index contributed by atoms with van der Waals surface area (Å²) < 4.78 is 0. The molecule has 1 aromatic carbocycles. The first-order valence-corrected chi connectivity index (χ1v) is 9.32. The lowest BCUT2D eigenvalue weighted by molar-refractivity contribution is 0.0689. The molecule has 4 rings (SSSR count). The zero-order chi connectivity index (χ0) is 18.1. The Morgan fingerprint density at radius 3 is 2.54 bits per heavy atom. The standard InChI is InChI=1S/C20H24N4O2/c1-2-14-5-3-4-6-15(14)13-23-11-9-18-17(23)10-12-24(18)19-8-7-16(20(25)26)21-22-19/h3-8,17-18H,2,9-13H2,1H3,(H,25,26)/t17-,18-/m0/s1. The molecule has 3 heterocycles. The number of aryl methyl sites for hydroxylation is 1. The summed E-state index contributed by atoms with van der Waals surface area (Å²) in [6.07, 6.45) is 3.29. The number of aromatic nitrogens is 2. The number of anilines is 1. The molecule has 1 aromatic heterocycles. The van der Waals surface area contributed by atoms with E-state index in [1.54, 1.807) is 12.1 Å². The summed E-state index contributed by atoms with van der Waals surface area (Å²) in [5.41, 5.74) is 2.86. The summed E-state index contributed by atoms with van der Waals surface area (Å²) in [7, 11) is 0. The quantitative estimate of drug-likeness (QED) is 0.892. The van der Waals surface area contributed by atoms with E-state index < -0.39 is 5.97 Å². The van der Waals surface area contributed by atoms with Crippen molar-refractivity contribution in [3.8, 4) is 0 Å². The third-order valence-corrected chi connectivity index (χ3v) is 5.73. The summed E-state index contributed by atoms with van der Waals surface area (Å²) in [4.78, 5) is 15.9. The second-order valence-corrected chi connectivity index (χ2v) is 7.08. The highest BCUT2D eigenvalue weighted by Gasteiger charge is 2.43. The second-order valence-electron chi connectivity index (χ2n) is 7.08. The van der Waals surface area contributed by atoms with Crippen molar-refractivity contribution in [3.63, 3.8) is 0 Å². The average molecular weight is 352 g/mol. The van der Waals surface area contributed by atoms with Crippen molar-refractivity contribution in [2.24, 2.45) is 0 Å². The third kappa shape index (κ3) is 3.05. The van der Waals surface area contributed by atoms with Crippen LogP contribution >= 0.6 is 0 Å². The Labute approximate surface area is 153 Å². The Bertz CT molecular complexity index is 793. The van der Waals surface area contributed by atoms with Crippen LogP contribution in [0.1, 0.15) is 41.4 Å². The van der Waals surface area contributed by atoms with Gasteiger partial charge in [0, 0.05) is 31.7 Å². The van der Waals surface area contributed by atoms with Crippen LogP contribution in [-0.4, -0.2) is 51.3 Å². The average Bonchev–Trinajstić information content (AvgIpc) is 3.25. The van der Waals surface area contributed by atoms with E-state index in [2.05, 4.69) is 51.2 Å². The molecule has 2 atom stereocenters. The van der Waals surface area contributed by atoms with Crippen molar-refractivity contribution >= 4 is 11.8 Å². The molecule has 0 bridgehead atoms. The Morgan fingerprint density at radius 2 is 1.85 bits per heavy atom. The molecule has 6 heteroatoms.